The highest BCUT2D eigenvalue weighted by Gasteiger charge is 2.09. The van der Waals surface area contributed by atoms with Crippen molar-refractivity contribution < 1.29 is 9.47 Å². The minimum absolute atomic E-state index is 0.464. The largest absolute Gasteiger partial charge is 0.455 e. The van der Waals surface area contributed by atoms with E-state index in [9.17, 15) is 0 Å². The molecule has 0 atom stereocenters. The Balaban J connectivity index is 1.87. The molecule has 0 bridgehead atoms. The first-order chi connectivity index (χ1) is 11.9. The molecule has 128 valence electrons. The fourth-order valence-electron chi connectivity index (χ4n) is 2.32. The van der Waals surface area contributed by atoms with Crippen LogP contribution >= 0.6 is 0 Å². The molecule has 0 aliphatic heterocycles. The number of nitrogens with two attached hydrogens (primary N) is 4. The first kappa shape index (κ1) is 16.3. The van der Waals surface area contributed by atoms with Crippen LogP contribution in [0, 0.1) is 6.92 Å². The molecule has 0 radical (unpaired) electrons. The van der Waals surface area contributed by atoms with Crippen molar-refractivity contribution in [3.8, 4) is 23.0 Å². The van der Waals surface area contributed by atoms with Gasteiger partial charge in [0.05, 0.1) is 11.4 Å². The Morgan fingerprint density at radius 2 is 1.16 bits per heavy atom. The van der Waals surface area contributed by atoms with Crippen molar-refractivity contribution >= 4 is 22.7 Å². The molecule has 6 heteroatoms. The van der Waals surface area contributed by atoms with Gasteiger partial charge in [-0.05, 0) is 55.0 Å². The molecule has 0 aliphatic rings. The van der Waals surface area contributed by atoms with Crippen molar-refractivity contribution in [2.75, 3.05) is 22.9 Å². The molecule has 0 unspecified atom stereocenters. The third kappa shape index (κ3) is 3.69. The smallest absolute Gasteiger partial charge is 0.150 e. The lowest BCUT2D eigenvalue weighted by molar-refractivity contribution is 0.460. The third-order valence-corrected chi connectivity index (χ3v) is 3.68. The number of ether oxygens (including phenoxy) is 2. The summed E-state index contributed by atoms with van der Waals surface area (Å²) in [5, 5.41) is 0. The maximum atomic E-state index is 5.95. The van der Waals surface area contributed by atoms with E-state index in [-0.39, 0.29) is 0 Å². The normalized spacial score (nSPS) is 10.4. The van der Waals surface area contributed by atoms with E-state index in [2.05, 4.69) is 0 Å². The van der Waals surface area contributed by atoms with E-state index in [1.807, 2.05) is 19.1 Å². The molecule has 0 fully saturated rings. The highest BCUT2D eigenvalue weighted by molar-refractivity contribution is 5.63. The van der Waals surface area contributed by atoms with Crippen molar-refractivity contribution in [3.63, 3.8) is 0 Å². The third-order valence-electron chi connectivity index (χ3n) is 3.68. The lowest BCUT2D eigenvalue weighted by Crippen LogP contribution is -1.97. The van der Waals surface area contributed by atoms with Crippen LogP contribution in [0.15, 0.2) is 54.6 Å². The van der Waals surface area contributed by atoms with Crippen LogP contribution in [-0.4, -0.2) is 0 Å². The number of hydrogen-bond acceptors (Lipinski definition) is 6. The quantitative estimate of drug-likeness (QED) is 0.536. The van der Waals surface area contributed by atoms with Gasteiger partial charge >= 0.3 is 0 Å². The van der Waals surface area contributed by atoms with Crippen molar-refractivity contribution in [2.24, 2.45) is 0 Å². The molecule has 0 aromatic heterocycles. The maximum Gasteiger partial charge on any atom is 0.150 e. The van der Waals surface area contributed by atoms with Gasteiger partial charge in [0, 0.05) is 17.4 Å². The van der Waals surface area contributed by atoms with Gasteiger partial charge in [0.1, 0.15) is 23.0 Å². The summed E-state index contributed by atoms with van der Waals surface area (Å²) in [5.74, 6) is 2.27. The summed E-state index contributed by atoms with van der Waals surface area (Å²) >= 11 is 0. The molecule has 0 saturated heterocycles. The topological polar surface area (TPSA) is 123 Å². The van der Waals surface area contributed by atoms with Gasteiger partial charge in [-0.2, -0.15) is 0 Å². The molecule has 0 spiro atoms. The average molecular weight is 336 g/mol. The Morgan fingerprint density at radius 3 is 1.72 bits per heavy atom. The second-order valence-corrected chi connectivity index (χ2v) is 5.73. The van der Waals surface area contributed by atoms with Crippen LogP contribution in [-0.2, 0) is 0 Å². The summed E-state index contributed by atoms with van der Waals surface area (Å²) < 4.78 is 11.7. The average Bonchev–Trinajstić information content (AvgIpc) is 2.55. The first-order valence-electron chi connectivity index (χ1n) is 7.69. The number of benzene rings is 3. The van der Waals surface area contributed by atoms with E-state index in [1.54, 1.807) is 42.5 Å². The van der Waals surface area contributed by atoms with Crippen molar-refractivity contribution in [3.05, 3.63) is 60.2 Å². The highest BCUT2D eigenvalue weighted by Crippen LogP contribution is 2.35. The SMILES string of the molecule is Cc1ccc(Oc2ccc(N)cc2N)cc1Oc1ccc(N)cc1N. The van der Waals surface area contributed by atoms with E-state index in [0.717, 1.165) is 5.56 Å². The van der Waals surface area contributed by atoms with E-state index in [0.29, 0.717) is 45.7 Å². The first-order valence-corrected chi connectivity index (χ1v) is 7.69. The molecule has 3 aromatic rings. The molecule has 0 aliphatic carbocycles. The molecule has 0 amide bonds. The Bertz CT molecular complexity index is 925. The predicted molar refractivity (Wildman–Crippen MR) is 102 cm³/mol. The molecule has 3 aromatic carbocycles. The lowest BCUT2D eigenvalue weighted by atomic mass is 10.2. The zero-order valence-corrected chi connectivity index (χ0v) is 13.8. The van der Waals surface area contributed by atoms with Crippen LogP contribution < -0.4 is 32.4 Å². The number of anilines is 4. The molecule has 0 heterocycles. The summed E-state index contributed by atoms with van der Waals surface area (Å²) in [5.41, 5.74) is 26.3. The van der Waals surface area contributed by atoms with Gasteiger partial charge in [-0.15, -0.1) is 0 Å². The van der Waals surface area contributed by atoms with E-state index in [4.69, 9.17) is 32.4 Å². The fourth-order valence-corrected chi connectivity index (χ4v) is 2.32. The zero-order valence-electron chi connectivity index (χ0n) is 13.8. The number of nitrogen functional groups attached to an aromatic ring is 4. The summed E-state index contributed by atoms with van der Waals surface area (Å²) in [6, 6.07) is 15.7. The molecular weight excluding hydrogens is 316 g/mol. The standard InChI is InChI=1S/C19H20N4O2/c1-11-2-5-14(24-17-6-3-12(20)8-15(17)22)10-19(11)25-18-7-4-13(21)9-16(18)23/h2-10H,20-23H2,1H3. The summed E-state index contributed by atoms with van der Waals surface area (Å²) in [6.45, 7) is 1.93. The summed E-state index contributed by atoms with van der Waals surface area (Å²) in [6.07, 6.45) is 0. The van der Waals surface area contributed by atoms with Gasteiger partial charge < -0.3 is 32.4 Å². The molecule has 6 nitrogen and oxygen atoms in total. The van der Waals surface area contributed by atoms with E-state index >= 15 is 0 Å². The zero-order chi connectivity index (χ0) is 18.0. The van der Waals surface area contributed by atoms with Gasteiger partial charge in [-0.1, -0.05) is 6.07 Å². The Hall–Kier alpha value is -3.54. The van der Waals surface area contributed by atoms with Gasteiger partial charge in [-0.25, -0.2) is 0 Å². The minimum atomic E-state index is 0.464. The van der Waals surface area contributed by atoms with Gasteiger partial charge in [0.2, 0.25) is 0 Å². The molecule has 25 heavy (non-hydrogen) atoms. The Labute approximate surface area is 145 Å². The highest BCUT2D eigenvalue weighted by atomic mass is 16.5. The van der Waals surface area contributed by atoms with Crippen molar-refractivity contribution in [1.82, 2.24) is 0 Å². The fraction of sp³-hybridized carbons (Fsp3) is 0.0526. The van der Waals surface area contributed by atoms with Crippen molar-refractivity contribution in [2.45, 2.75) is 6.92 Å². The molecule has 3 rings (SSSR count). The van der Waals surface area contributed by atoms with Crippen LogP contribution in [0.3, 0.4) is 0 Å². The lowest BCUT2D eigenvalue weighted by Gasteiger charge is -2.14. The Morgan fingerprint density at radius 1 is 0.600 bits per heavy atom. The van der Waals surface area contributed by atoms with Crippen molar-refractivity contribution in [1.29, 1.82) is 0 Å². The van der Waals surface area contributed by atoms with Crippen LogP contribution in [0.25, 0.3) is 0 Å². The van der Waals surface area contributed by atoms with Crippen LogP contribution in [0.2, 0.25) is 0 Å². The summed E-state index contributed by atoms with van der Waals surface area (Å²) in [4.78, 5) is 0. The summed E-state index contributed by atoms with van der Waals surface area (Å²) in [7, 11) is 0. The second-order valence-electron chi connectivity index (χ2n) is 5.73. The van der Waals surface area contributed by atoms with Crippen LogP contribution in [0.5, 0.6) is 23.0 Å². The molecule has 8 N–H and O–H groups in total. The number of aryl methyl sites for hydroxylation is 1. The monoisotopic (exact) mass is 336 g/mol. The number of rotatable bonds is 4. The van der Waals surface area contributed by atoms with E-state index < -0.39 is 0 Å². The van der Waals surface area contributed by atoms with Crippen LogP contribution in [0.4, 0.5) is 22.7 Å². The van der Waals surface area contributed by atoms with Crippen LogP contribution in [0.1, 0.15) is 5.56 Å². The van der Waals surface area contributed by atoms with Gasteiger partial charge in [0.25, 0.3) is 0 Å². The van der Waals surface area contributed by atoms with Gasteiger partial charge in [0.15, 0.2) is 0 Å². The number of hydrogen-bond donors (Lipinski definition) is 4. The molecular formula is C19H20N4O2. The van der Waals surface area contributed by atoms with E-state index in [1.165, 1.54) is 0 Å². The minimum Gasteiger partial charge on any atom is -0.455 e. The predicted octanol–water partition coefficient (Wildman–Crippen LogP) is 3.91. The Kier molecular flexibility index (Phi) is 4.26. The molecule has 0 saturated carbocycles. The maximum absolute atomic E-state index is 5.95. The van der Waals surface area contributed by atoms with Gasteiger partial charge in [-0.3, -0.25) is 0 Å². The second kappa shape index (κ2) is 6.52.